The molecule has 20 heavy (non-hydrogen) atoms. The smallest absolute Gasteiger partial charge is 0.163 e. The molecule has 0 bridgehead atoms. The van der Waals surface area contributed by atoms with E-state index in [1.165, 1.54) is 0 Å². The molecule has 0 unspecified atom stereocenters. The van der Waals surface area contributed by atoms with Crippen LogP contribution in [0.5, 0.6) is 11.5 Å². The van der Waals surface area contributed by atoms with Crippen LogP contribution in [0, 0.1) is 5.92 Å². The van der Waals surface area contributed by atoms with Crippen LogP contribution in [-0.4, -0.2) is 40.0 Å². The van der Waals surface area contributed by atoms with Gasteiger partial charge in [-0.25, -0.2) is 0 Å². The molecule has 2 aliphatic rings. The molecule has 3 rings (SSSR count). The third-order valence-electron chi connectivity index (χ3n) is 4.05. The van der Waals surface area contributed by atoms with E-state index < -0.39 is 0 Å². The van der Waals surface area contributed by atoms with Crippen molar-refractivity contribution in [3.05, 3.63) is 12.1 Å². The summed E-state index contributed by atoms with van der Waals surface area (Å²) in [6.07, 6.45) is 2.28. The minimum Gasteiger partial charge on any atom is -0.486 e. The summed E-state index contributed by atoms with van der Waals surface area (Å²) < 4.78 is 16.4. The van der Waals surface area contributed by atoms with Gasteiger partial charge in [0.25, 0.3) is 0 Å². The maximum Gasteiger partial charge on any atom is 0.163 e. The van der Waals surface area contributed by atoms with Gasteiger partial charge >= 0.3 is 0 Å². The van der Waals surface area contributed by atoms with Gasteiger partial charge in [-0.1, -0.05) is 0 Å². The molecule has 2 N–H and O–H groups in total. The van der Waals surface area contributed by atoms with Crippen LogP contribution in [0.4, 0.5) is 11.4 Å². The molecule has 5 heteroatoms. The number of nitrogens with two attached hydrogens (primary N) is 1. The Morgan fingerprint density at radius 3 is 2.50 bits per heavy atom. The van der Waals surface area contributed by atoms with Crippen molar-refractivity contribution in [2.75, 3.05) is 50.7 Å². The van der Waals surface area contributed by atoms with Gasteiger partial charge in [0.1, 0.15) is 13.2 Å². The molecular formula is C15H22N2O3. The quantitative estimate of drug-likeness (QED) is 0.856. The highest BCUT2D eigenvalue weighted by molar-refractivity contribution is 5.73. The molecule has 110 valence electrons. The average Bonchev–Trinajstić information content (AvgIpc) is 2.48. The Balaban J connectivity index is 1.74. The van der Waals surface area contributed by atoms with Crippen LogP contribution in [0.15, 0.2) is 12.1 Å². The van der Waals surface area contributed by atoms with E-state index in [1.54, 1.807) is 7.11 Å². The van der Waals surface area contributed by atoms with Crippen molar-refractivity contribution in [2.45, 2.75) is 12.8 Å². The minimum atomic E-state index is 0.591. The Morgan fingerprint density at radius 1 is 1.20 bits per heavy atom. The summed E-state index contributed by atoms with van der Waals surface area (Å²) in [6, 6.07) is 3.89. The number of rotatable bonds is 3. The average molecular weight is 278 g/mol. The van der Waals surface area contributed by atoms with E-state index in [1.807, 2.05) is 12.1 Å². The van der Waals surface area contributed by atoms with Crippen molar-refractivity contribution < 1.29 is 14.2 Å². The lowest BCUT2D eigenvalue weighted by atomic mass is 9.97. The first-order valence-corrected chi connectivity index (χ1v) is 7.21. The van der Waals surface area contributed by atoms with Gasteiger partial charge in [-0.05, 0) is 18.8 Å². The first kappa shape index (κ1) is 13.4. The SMILES string of the molecule is COCC1CCN(c2cc3c(cc2N)OCCO3)CC1. The predicted molar refractivity (Wildman–Crippen MR) is 78.7 cm³/mol. The number of fused-ring (bicyclic) bond motifs is 1. The molecule has 0 aromatic heterocycles. The third kappa shape index (κ3) is 2.63. The first-order valence-electron chi connectivity index (χ1n) is 7.21. The van der Waals surface area contributed by atoms with Gasteiger partial charge in [-0.2, -0.15) is 0 Å². The summed E-state index contributed by atoms with van der Waals surface area (Å²) in [5, 5.41) is 0. The molecule has 5 nitrogen and oxygen atoms in total. The van der Waals surface area contributed by atoms with Crippen molar-refractivity contribution >= 4 is 11.4 Å². The Labute approximate surface area is 119 Å². The van der Waals surface area contributed by atoms with E-state index >= 15 is 0 Å². The maximum atomic E-state index is 6.17. The monoisotopic (exact) mass is 278 g/mol. The molecule has 1 aromatic rings. The van der Waals surface area contributed by atoms with Gasteiger partial charge in [-0.3, -0.25) is 0 Å². The molecule has 2 aliphatic heterocycles. The summed E-state index contributed by atoms with van der Waals surface area (Å²) >= 11 is 0. The second-order valence-corrected chi connectivity index (χ2v) is 5.44. The number of methoxy groups -OCH3 is 1. The standard InChI is InChI=1S/C15H22N2O3/c1-18-10-11-2-4-17(5-3-11)13-9-15-14(8-12(13)16)19-6-7-20-15/h8-9,11H,2-7,10,16H2,1H3. The zero-order chi connectivity index (χ0) is 13.9. The number of ether oxygens (including phenoxy) is 3. The molecule has 1 aromatic carbocycles. The Hall–Kier alpha value is -1.62. The summed E-state index contributed by atoms with van der Waals surface area (Å²) in [5.41, 5.74) is 7.99. The molecule has 1 saturated heterocycles. The number of benzene rings is 1. The highest BCUT2D eigenvalue weighted by Gasteiger charge is 2.23. The lowest BCUT2D eigenvalue weighted by Gasteiger charge is -2.34. The van der Waals surface area contributed by atoms with Crippen LogP contribution in [0.3, 0.4) is 0 Å². The Bertz CT molecular complexity index is 470. The van der Waals surface area contributed by atoms with Crippen LogP contribution < -0.4 is 20.1 Å². The third-order valence-corrected chi connectivity index (χ3v) is 4.05. The van der Waals surface area contributed by atoms with E-state index in [4.69, 9.17) is 19.9 Å². The Kier molecular flexibility index (Phi) is 3.87. The topological polar surface area (TPSA) is 57.0 Å². The van der Waals surface area contributed by atoms with Crippen molar-refractivity contribution in [3.8, 4) is 11.5 Å². The van der Waals surface area contributed by atoms with E-state index in [-0.39, 0.29) is 0 Å². The van der Waals surface area contributed by atoms with Crippen LogP contribution in [0.25, 0.3) is 0 Å². The lowest BCUT2D eigenvalue weighted by Crippen LogP contribution is -2.35. The van der Waals surface area contributed by atoms with Gasteiger partial charge in [0.05, 0.1) is 11.4 Å². The number of hydrogen-bond donors (Lipinski definition) is 1. The molecule has 0 aliphatic carbocycles. The van der Waals surface area contributed by atoms with Gasteiger partial charge in [0, 0.05) is 38.9 Å². The van der Waals surface area contributed by atoms with Crippen LogP contribution in [0.2, 0.25) is 0 Å². The second kappa shape index (κ2) is 5.79. The van der Waals surface area contributed by atoms with E-state index in [0.717, 1.165) is 55.4 Å². The van der Waals surface area contributed by atoms with E-state index in [0.29, 0.717) is 19.1 Å². The largest absolute Gasteiger partial charge is 0.486 e. The maximum absolute atomic E-state index is 6.17. The van der Waals surface area contributed by atoms with E-state index in [2.05, 4.69) is 4.90 Å². The molecule has 1 fully saturated rings. The molecule has 0 amide bonds. The van der Waals surface area contributed by atoms with Crippen molar-refractivity contribution in [1.82, 2.24) is 0 Å². The fourth-order valence-electron chi connectivity index (χ4n) is 2.94. The van der Waals surface area contributed by atoms with Crippen molar-refractivity contribution in [3.63, 3.8) is 0 Å². The fourth-order valence-corrected chi connectivity index (χ4v) is 2.94. The van der Waals surface area contributed by atoms with Gasteiger partial charge in [0.15, 0.2) is 11.5 Å². The second-order valence-electron chi connectivity index (χ2n) is 5.44. The summed E-state index contributed by atoms with van der Waals surface area (Å²) in [4.78, 5) is 2.33. The number of nitrogens with zero attached hydrogens (tertiary/aromatic N) is 1. The molecule has 0 radical (unpaired) electrons. The van der Waals surface area contributed by atoms with Gasteiger partial charge in [0.2, 0.25) is 0 Å². The lowest BCUT2D eigenvalue weighted by molar-refractivity contribution is 0.139. The van der Waals surface area contributed by atoms with Crippen LogP contribution >= 0.6 is 0 Å². The predicted octanol–water partition coefficient (Wildman–Crippen LogP) is 1.90. The zero-order valence-electron chi connectivity index (χ0n) is 11.9. The molecular weight excluding hydrogens is 256 g/mol. The highest BCUT2D eigenvalue weighted by Crippen LogP contribution is 2.39. The van der Waals surface area contributed by atoms with Gasteiger partial charge in [-0.15, -0.1) is 0 Å². The zero-order valence-corrected chi connectivity index (χ0v) is 11.9. The fraction of sp³-hybridized carbons (Fsp3) is 0.600. The van der Waals surface area contributed by atoms with Gasteiger partial charge < -0.3 is 24.8 Å². The number of piperidine rings is 1. The molecule has 0 atom stereocenters. The molecule has 2 heterocycles. The Morgan fingerprint density at radius 2 is 1.85 bits per heavy atom. The number of nitrogen functional groups attached to an aromatic ring is 1. The van der Waals surface area contributed by atoms with E-state index in [9.17, 15) is 0 Å². The van der Waals surface area contributed by atoms with Crippen LogP contribution in [-0.2, 0) is 4.74 Å². The highest BCUT2D eigenvalue weighted by atomic mass is 16.6. The molecule has 0 saturated carbocycles. The summed E-state index contributed by atoms with van der Waals surface area (Å²) in [5.74, 6) is 2.22. The number of hydrogen-bond acceptors (Lipinski definition) is 5. The van der Waals surface area contributed by atoms with Crippen LogP contribution in [0.1, 0.15) is 12.8 Å². The van der Waals surface area contributed by atoms with Crippen molar-refractivity contribution in [2.24, 2.45) is 5.92 Å². The minimum absolute atomic E-state index is 0.591. The summed E-state index contributed by atoms with van der Waals surface area (Å²) in [6.45, 7) is 4.07. The van der Waals surface area contributed by atoms with Crippen molar-refractivity contribution in [1.29, 1.82) is 0 Å². The number of anilines is 2. The molecule has 0 spiro atoms. The first-order chi connectivity index (χ1) is 9.78. The normalized spacial score (nSPS) is 19.1. The summed E-state index contributed by atoms with van der Waals surface area (Å²) in [7, 11) is 1.77.